The zero-order valence-electron chi connectivity index (χ0n) is 15.9. The topological polar surface area (TPSA) is 66.7 Å². The molecule has 0 aliphatic carbocycles. The van der Waals surface area contributed by atoms with Crippen molar-refractivity contribution in [3.05, 3.63) is 69.3 Å². The lowest BCUT2D eigenvalue weighted by atomic mass is 10.0. The molecule has 6 nitrogen and oxygen atoms in total. The summed E-state index contributed by atoms with van der Waals surface area (Å²) in [6, 6.07) is 12.7. The van der Waals surface area contributed by atoms with Gasteiger partial charge in [-0.1, -0.05) is 38.1 Å². The number of carbonyl (C=O) groups excluding carboxylic acids is 1. The van der Waals surface area contributed by atoms with E-state index in [2.05, 4.69) is 26.0 Å². The third kappa shape index (κ3) is 4.39. The first-order chi connectivity index (χ1) is 12.2. The van der Waals surface area contributed by atoms with Gasteiger partial charge in [0.2, 0.25) is 0 Å². The Balaban J connectivity index is 2.19. The minimum absolute atomic E-state index is 0.0736. The van der Waals surface area contributed by atoms with Crippen molar-refractivity contribution < 1.29 is 9.72 Å². The standard InChI is InChI=1S/C20H25N3O3/c1-14(2)16-8-6-15(7-9-16)13-22(5)20(24)17-10-11-18(21(3)4)19(12-17)23(25)26/h6-12,14H,13H2,1-5H3. The quantitative estimate of drug-likeness (QED) is 0.579. The van der Waals surface area contributed by atoms with Crippen LogP contribution in [0.15, 0.2) is 42.5 Å². The number of nitro benzene ring substituents is 1. The van der Waals surface area contributed by atoms with Crippen LogP contribution in [0.2, 0.25) is 0 Å². The van der Waals surface area contributed by atoms with Crippen molar-refractivity contribution >= 4 is 17.3 Å². The normalized spacial score (nSPS) is 10.7. The second-order valence-electron chi connectivity index (χ2n) is 6.91. The second-order valence-corrected chi connectivity index (χ2v) is 6.91. The summed E-state index contributed by atoms with van der Waals surface area (Å²) in [4.78, 5) is 26.7. The summed E-state index contributed by atoms with van der Waals surface area (Å²) < 4.78 is 0. The Hall–Kier alpha value is -2.89. The number of anilines is 1. The molecular weight excluding hydrogens is 330 g/mol. The van der Waals surface area contributed by atoms with Crippen molar-refractivity contribution in [2.45, 2.75) is 26.3 Å². The van der Waals surface area contributed by atoms with E-state index in [0.29, 0.717) is 23.7 Å². The van der Waals surface area contributed by atoms with Crippen LogP contribution in [0.3, 0.4) is 0 Å². The predicted octanol–water partition coefficient (Wildman–Crippen LogP) is 4.06. The summed E-state index contributed by atoms with van der Waals surface area (Å²) in [5.74, 6) is 0.213. The number of benzene rings is 2. The molecule has 0 aliphatic rings. The van der Waals surface area contributed by atoms with Crippen LogP contribution in [0, 0.1) is 10.1 Å². The van der Waals surface area contributed by atoms with Crippen LogP contribution < -0.4 is 4.90 Å². The van der Waals surface area contributed by atoms with Gasteiger partial charge in [-0.2, -0.15) is 0 Å². The molecule has 6 heteroatoms. The molecular formula is C20H25N3O3. The molecule has 0 saturated carbocycles. The Morgan fingerprint density at radius 3 is 2.19 bits per heavy atom. The van der Waals surface area contributed by atoms with E-state index in [1.54, 1.807) is 43.1 Å². The molecule has 2 rings (SSSR count). The molecule has 0 heterocycles. The highest BCUT2D eigenvalue weighted by Crippen LogP contribution is 2.28. The number of nitro groups is 1. The third-order valence-electron chi connectivity index (χ3n) is 4.31. The number of rotatable bonds is 6. The Morgan fingerprint density at radius 1 is 1.08 bits per heavy atom. The molecule has 0 aromatic heterocycles. The maximum Gasteiger partial charge on any atom is 0.293 e. The first-order valence-corrected chi connectivity index (χ1v) is 8.50. The van der Waals surface area contributed by atoms with E-state index in [1.165, 1.54) is 11.6 Å². The molecule has 0 N–H and O–H groups in total. The second kappa shape index (κ2) is 7.99. The fourth-order valence-corrected chi connectivity index (χ4v) is 2.75. The minimum atomic E-state index is -0.462. The van der Waals surface area contributed by atoms with E-state index in [4.69, 9.17) is 0 Å². The van der Waals surface area contributed by atoms with Gasteiger partial charge in [-0.15, -0.1) is 0 Å². The molecule has 0 spiro atoms. The number of carbonyl (C=O) groups is 1. The van der Waals surface area contributed by atoms with Crippen molar-refractivity contribution in [2.24, 2.45) is 0 Å². The molecule has 0 saturated heterocycles. The molecule has 0 fully saturated rings. The van der Waals surface area contributed by atoms with Gasteiger partial charge in [0.05, 0.1) is 4.92 Å². The molecule has 0 bridgehead atoms. The summed E-state index contributed by atoms with van der Waals surface area (Å²) in [6.07, 6.45) is 0. The first kappa shape index (κ1) is 19.4. The third-order valence-corrected chi connectivity index (χ3v) is 4.31. The Bertz CT molecular complexity index is 798. The van der Waals surface area contributed by atoms with E-state index in [1.807, 2.05) is 12.1 Å². The van der Waals surface area contributed by atoms with Gasteiger partial charge in [0.15, 0.2) is 0 Å². The molecule has 26 heavy (non-hydrogen) atoms. The number of amides is 1. The van der Waals surface area contributed by atoms with Gasteiger partial charge >= 0.3 is 0 Å². The molecule has 2 aromatic carbocycles. The van der Waals surface area contributed by atoms with Crippen LogP contribution in [-0.4, -0.2) is 36.9 Å². The average molecular weight is 355 g/mol. The summed E-state index contributed by atoms with van der Waals surface area (Å²) in [6.45, 7) is 4.71. The van der Waals surface area contributed by atoms with Crippen molar-refractivity contribution in [2.75, 3.05) is 26.0 Å². The van der Waals surface area contributed by atoms with Crippen LogP contribution >= 0.6 is 0 Å². The highest BCUT2D eigenvalue weighted by molar-refractivity contribution is 5.95. The van der Waals surface area contributed by atoms with Crippen molar-refractivity contribution in [3.63, 3.8) is 0 Å². The van der Waals surface area contributed by atoms with Gasteiger partial charge in [0.25, 0.3) is 11.6 Å². The van der Waals surface area contributed by atoms with Crippen LogP contribution in [0.1, 0.15) is 41.3 Å². The van der Waals surface area contributed by atoms with E-state index >= 15 is 0 Å². The summed E-state index contributed by atoms with van der Waals surface area (Å²) in [5.41, 5.74) is 2.97. The van der Waals surface area contributed by atoms with Crippen LogP contribution in [0.25, 0.3) is 0 Å². The highest BCUT2D eigenvalue weighted by atomic mass is 16.6. The van der Waals surface area contributed by atoms with Crippen LogP contribution in [0.5, 0.6) is 0 Å². The summed E-state index contributed by atoms with van der Waals surface area (Å²) in [7, 11) is 5.16. The molecule has 2 aromatic rings. The van der Waals surface area contributed by atoms with Crippen LogP contribution in [0.4, 0.5) is 11.4 Å². The lowest BCUT2D eigenvalue weighted by Crippen LogP contribution is -2.26. The first-order valence-electron chi connectivity index (χ1n) is 8.50. The Morgan fingerprint density at radius 2 is 1.69 bits per heavy atom. The lowest BCUT2D eigenvalue weighted by molar-refractivity contribution is -0.384. The molecule has 138 valence electrons. The Kier molecular flexibility index (Phi) is 5.97. The molecule has 0 atom stereocenters. The molecule has 0 aliphatic heterocycles. The maximum atomic E-state index is 12.7. The SMILES string of the molecule is CC(C)c1ccc(CN(C)C(=O)c2ccc(N(C)C)c([N+](=O)[O-])c2)cc1. The minimum Gasteiger partial charge on any atom is -0.372 e. The van der Waals surface area contributed by atoms with Crippen LogP contribution in [-0.2, 0) is 6.54 Å². The smallest absolute Gasteiger partial charge is 0.293 e. The average Bonchev–Trinajstić information content (AvgIpc) is 2.60. The molecule has 0 unspecified atom stereocenters. The number of nitrogens with zero attached hydrogens (tertiary/aromatic N) is 3. The largest absolute Gasteiger partial charge is 0.372 e. The fourth-order valence-electron chi connectivity index (χ4n) is 2.75. The maximum absolute atomic E-state index is 12.7. The van der Waals surface area contributed by atoms with Crippen molar-refractivity contribution in [3.8, 4) is 0 Å². The zero-order valence-corrected chi connectivity index (χ0v) is 15.9. The fraction of sp³-hybridized carbons (Fsp3) is 0.350. The zero-order chi connectivity index (χ0) is 19.4. The van der Waals surface area contributed by atoms with Gasteiger partial charge in [0, 0.05) is 39.3 Å². The van der Waals surface area contributed by atoms with E-state index in [-0.39, 0.29) is 11.6 Å². The van der Waals surface area contributed by atoms with Gasteiger partial charge in [0.1, 0.15) is 5.69 Å². The molecule has 0 radical (unpaired) electrons. The van der Waals surface area contributed by atoms with E-state index < -0.39 is 4.92 Å². The monoisotopic (exact) mass is 355 g/mol. The van der Waals surface area contributed by atoms with E-state index in [9.17, 15) is 14.9 Å². The Labute approximate surface area is 154 Å². The van der Waals surface area contributed by atoms with Gasteiger partial charge < -0.3 is 9.80 Å². The summed E-state index contributed by atoms with van der Waals surface area (Å²) >= 11 is 0. The van der Waals surface area contributed by atoms with Gasteiger partial charge in [-0.25, -0.2) is 0 Å². The highest BCUT2D eigenvalue weighted by Gasteiger charge is 2.20. The number of hydrogen-bond donors (Lipinski definition) is 0. The number of hydrogen-bond acceptors (Lipinski definition) is 4. The van der Waals surface area contributed by atoms with E-state index in [0.717, 1.165) is 5.56 Å². The van der Waals surface area contributed by atoms with Gasteiger partial charge in [-0.05, 0) is 29.2 Å². The van der Waals surface area contributed by atoms with Crippen molar-refractivity contribution in [1.82, 2.24) is 4.90 Å². The predicted molar refractivity (Wildman–Crippen MR) is 104 cm³/mol. The lowest BCUT2D eigenvalue weighted by Gasteiger charge is -2.19. The van der Waals surface area contributed by atoms with Crippen molar-refractivity contribution in [1.29, 1.82) is 0 Å². The van der Waals surface area contributed by atoms with Gasteiger partial charge in [-0.3, -0.25) is 14.9 Å². The summed E-state index contributed by atoms with van der Waals surface area (Å²) in [5, 5.41) is 11.3. The molecule has 1 amide bonds.